The molecule has 7 heteroatoms. The minimum Gasteiger partial charge on any atom is -0.489 e. The quantitative estimate of drug-likeness (QED) is 0.755. The van der Waals surface area contributed by atoms with Gasteiger partial charge in [-0.1, -0.05) is 30.3 Å². The van der Waals surface area contributed by atoms with Gasteiger partial charge in [-0.05, 0) is 55.4 Å². The van der Waals surface area contributed by atoms with E-state index < -0.39 is 23.8 Å². The Morgan fingerprint density at radius 1 is 0.938 bits per heavy atom. The molecular formula is C25H22N2O5. The fourth-order valence-electron chi connectivity index (χ4n) is 5.49. The van der Waals surface area contributed by atoms with Crippen molar-refractivity contribution >= 4 is 23.6 Å². The van der Waals surface area contributed by atoms with Crippen LogP contribution in [-0.4, -0.2) is 40.7 Å². The van der Waals surface area contributed by atoms with Crippen molar-refractivity contribution in [2.24, 2.45) is 5.41 Å². The van der Waals surface area contributed by atoms with Crippen LogP contribution in [0.3, 0.4) is 0 Å². The molecule has 4 aliphatic rings. The van der Waals surface area contributed by atoms with Gasteiger partial charge in [0.25, 0.3) is 11.8 Å². The number of nitrogens with zero attached hydrogens (tertiary/aromatic N) is 1. The molecule has 0 radical (unpaired) electrons. The van der Waals surface area contributed by atoms with Crippen molar-refractivity contribution in [3.8, 4) is 5.75 Å². The number of aryl methyl sites for hydroxylation is 1. The smallest absolute Gasteiger partial charge is 0.266 e. The van der Waals surface area contributed by atoms with E-state index in [1.807, 2.05) is 0 Å². The summed E-state index contributed by atoms with van der Waals surface area (Å²) < 4.78 is 6.32. The van der Waals surface area contributed by atoms with Crippen LogP contribution in [0.4, 0.5) is 0 Å². The number of imide groups is 2. The van der Waals surface area contributed by atoms with Crippen LogP contribution in [0.5, 0.6) is 5.75 Å². The highest BCUT2D eigenvalue weighted by Gasteiger charge is 2.57. The van der Waals surface area contributed by atoms with E-state index in [4.69, 9.17) is 4.74 Å². The fraction of sp³-hybridized carbons (Fsp3) is 0.360. The molecule has 0 bridgehead atoms. The summed E-state index contributed by atoms with van der Waals surface area (Å²) >= 11 is 0. The molecule has 7 nitrogen and oxygen atoms in total. The molecule has 162 valence electrons. The van der Waals surface area contributed by atoms with Gasteiger partial charge in [-0.2, -0.15) is 0 Å². The standard InChI is InChI=1S/C25H22N2O5/c28-20-9-8-17(22(29)26-20)27-23(30)16-6-3-7-18(21(16)24(27)31)32-19-13-25(19)11-10-14-4-1-2-5-15(14)12-25/h1-7,17,19H,8-13H2,(H,26,28,29). The summed E-state index contributed by atoms with van der Waals surface area (Å²) in [6.45, 7) is 0. The first kappa shape index (κ1) is 19.2. The highest BCUT2D eigenvalue weighted by atomic mass is 16.5. The van der Waals surface area contributed by atoms with Crippen LogP contribution in [0.15, 0.2) is 42.5 Å². The lowest BCUT2D eigenvalue weighted by Gasteiger charge is -2.28. The van der Waals surface area contributed by atoms with Crippen molar-refractivity contribution in [3.05, 3.63) is 64.7 Å². The van der Waals surface area contributed by atoms with Gasteiger partial charge in [0, 0.05) is 11.8 Å². The number of piperidine rings is 1. The molecule has 1 saturated carbocycles. The SMILES string of the molecule is O=C1CCC(N2C(=O)c3cccc(OC4CC45CCc4ccccc4C5)c3C2=O)C(=O)N1. The molecule has 4 amide bonds. The zero-order chi connectivity index (χ0) is 22.0. The maximum absolute atomic E-state index is 13.2. The van der Waals surface area contributed by atoms with Crippen LogP contribution in [0.1, 0.15) is 57.5 Å². The number of fused-ring (bicyclic) bond motifs is 2. The molecule has 3 unspecified atom stereocenters. The predicted molar refractivity (Wildman–Crippen MR) is 113 cm³/mol. The topological polar surface area (TPSA) is 92.8 Å². The minimum atomic E-state index is -0.977. The van der Waals surface area contributed by atoms with E-state index in [1.165, 1.54) is 11.1 Å². The number of amides is 4. The first-order chi connectivity index (χ1) is 15.5. The third kappa shape index (κ3) is 2.80. The lowest BCUT2D eigenvalue weighted by molar-refractivity contribution is -0.136. The largest absolute Gasteiger partial charge is 0.489 e. The number of carbonyl (C=O) groups excluding carboxylic acids is 4. The summed E-state index contributed by atoms with van der Waals surface area (Å²) in [6.07, 6.45) is 4.16. The Bertz CT molecular complexity index is 1200. The molecule has 3 atom stereocenters. The average molecular weight is 430 g/mol. The minimum absolute atomic E-state index is 0.00471. The maximum atomic E-state index is 13.2. The van der Waals surface area contributed by atoms with Crippen LogP contribution in [0.2, 0.25) is 0 Å². The molecule has 32 heavy (non-hydrogen) atoms. The monoisotopic (exact) mass is 430 g/mol. The molecule has 2 aliphatic heterocycles. The van der Waals surface area contributed by atoms with Gasteiger partial charge >= 0.3 is 0 Å². The van der Waals surface area contributed by atoms with E-state index in [-0.39, 0.29) is 41.4 Å². The van der Waals surface area contributed by atoms with E-state index in [0.29, 0.717) is 5.75 Å². The van der Waals surface area contributed by atoms with E-state index in [0.717, 1.165) is 30.6 Å². The van der Waals surface area contributed by atoms with Crippen LogP contribution in [0, 0.1) is 5.41 Å². The number of hydrogen-bond donors (Lipinski definition) is 1. The number of ether oxygens (including phenoxy) is 1. The Labute approximate surface area is 184 Å². The van der Waals surface area contributed by atoms with Crippen molar-refractivity contribution in [2.45, 2.75) is 50.7 Å². The first-order valence-corrected chi connectivity index (χ1v) is 11.0. The molecule has 1 saturated heterocycles. The van der Waals surface area contributed by atoms with Crippen LogP contribution in [0.25, 0.3) is 0 Å². The van der Waals surface area contributed by atoms with Crippen molar-refractivity contribution in [2.75, 3.05) is 0 Å². The van der Waals surface area contributed by atoms with Crippen molar-refractivity contribution < 1.29 is 23.9 Å². The summed E-state index contributed by atoms with van der Waals surface area (Å²) in [5.74, 6) is -1.64. The Balaban J connectivity index is 1.25. The second-order valence-electron chi connectivity index (χ2n) is 9.24. The van der Waals surface area contributed by atoms with Crippen molar-refractivity contribution in [1.29, 1.82) is 0 Å². The summed E-state index contributed by atoms with van der Waals surface area (Å²) in [4.78, 5) is 51.0. The van der Waals surface area contributed by atoms with Gasteiger partial charge in [-0.3, -0.25) is 29.4 Å². The van der Waals surface area contributed by atoms with E-state index >= 15 is 0 Å². The van der Waals surface area contributed by atoms with Gasteiger partial charge in [0.15, 0.2) is 0 Å². The highest BCUT2D eigenvalue weighted by molar-refractivity contribution is 6.24. The van der Waals surface area contributed by atoms with E-state index in [9.17, 15) is 19.2 Å². The number of rotatable bonds is 3. The third-order valence-electron chi connectivity index (χ3n) is 7.37. The molecule has 0 aromatic heterocycles. The zero-order valence-corrected chi connectivity index (χ0v) is 17.4. The van der Waals surface area contributed by atoms with Crippen LogP contribution in [-0.2, 0) is 22.4 Å². The molecule has 6 rings (SSSR count). The number of benzene rings is 2. The summed E-state index contributed by atoms with van der Waals surface area (Å²) in [5, 5.41) is 2.22. The molecule has 1 N–H and O–H groups in total. The Hall–Kier alpha value is -3.48. The van der Waals surface area contributed by atoms with Gasteiger partial charge in [-0.15, -0.1) is 0 Å². The molecular weight excluding hydrogens is 408 g/mol. The third-order valence-corrected chi connectivity index (χ3v) is 7.37. The number of hydrogen-bond acceptors (Lipinski definition) is 5. The van der Waals surface area contributed by atoms with Gasteiger partial charge in [0.1, 0.15) is 17.9 Å². The summed E-state index contributed by atoms with van der Waals surface area (Å²) in [7, 11) is 0. The van der Waals surface area contributed by atoms with Crippen molar-refractivity contribution in [1.82, 2.24) is 10.2 Å². The average Bonchev–Trinajstić information content (AvgIpc) is 3.36. The zero-order valence-electron chi connectivity index (χ0n) is 17.4. The van der Waals surface area contributed by atoms with Crippen LogP contribution < -0.4 is 10.1 Å². The number of carbonyl (C=O) groups is 4. The molecule has 2 aliphatic carbocycles. The van der Waals surface area contributed by atoms with E-state index in [2.05, 4.69) is 29.6 Å². The molecule has 1 spiro atoms. The predicted octanol–water partition coefficient (Wildman–Crippen LogP) is 2.41. The van der Waals surface area contributed by atoms with Gasteiger partial charge in [-0.25, -0.2) is 0 Å². The van der Waals surface area contributed by atoms with Gasteiger partial charge < -0.3 is 4.74 Å². The Morgan fingerprint density at radius 3 is 2.56 bits per heavy atom. The normalized spacial score (nSPS) is 28.4. The highest BCUT2D eigenvalue weighted by Crippen LogP contribution is 2.57. The lowest BCUT2D eigenvalue weighted by Crippen LogP contribution is -2.54. The lowest BCUT2D eigenvalue weighted by atomic mass is 9.81. The maximum Gasteiger partial charge on any atom is 0.266 e. The van der Waals surface area contributed by atoms with E-state index in [1.54, 1.807) is 18.2 Å². The van der Waals surface area contributed by atoms with Crippen LogP contribution >= 0.6 is 0 Å². The molecule has 2 fully saturated rings. The number of nitrogens with one attached hydrogen (secondary N) is 1. The van der Waals surface area contributed by atoms with Gasteiger partial charge in [0.05, 0.1) is 11.1 Å². The van der Waals surface area contributed by atoms with Gasteiger partial charge in [0.2, 0.25) is 11.8 Å². The Kier molecular flexibility index (Phi) is 4.06. The van der Waals surface area contributed by atoms with Crippen molar-refractivity contribution in [3.63, 3.8) is 0 Å². The molecule has 2 aromatic rings. The molecule has 2 aromatic carbocycles. The molecule has 2 heterocycles. The fourth-order valence-corrected chi connectivity index (χ4v) is 5.49. The second kappa shape index (κ2) is 6.76. The second-order valence-corrected chi connectivity index (χ2v) is 9.24. The Morgan fingerprint density at radius 2 is 1.75 bits per heavy atom. The first-order valence-electron chi connectivity index (χ1n) is 11.0. The summed E-state index contributed by atoms with van der Waals surface area (Å²) in [5.41, 5.74) is 3.30. The summed E-state index contributed by atoms with van der Waals surface area (Å²) in [6, 6.07) is 12.5.